The van der Waals surface area contributed by atoms with Crippen LogP contribution in [0.2, 0.25) is 0 Å². The van der Waals surface area contributed by atoms with Crippen molar-refractivity contribution < 1.29 is 9.84 Å². The van der Waals surface area contributed by atoms with Gasteiger partial charge in [-0.3, -0.25) is 0 Å². The Kier molecular flexibility index (Phi) is 6.12. The number of aliphatic hydroxyl groups excluding tert-OH is 1. The number of ether oxygens (including phenoxy) is 1. The molecule has 0 bridgehead atoms. The van der Waals surface area contributed by atoms with Crippen molar-refractivity contribution in [3.63, 3.8) is 0 Å². The molecule has 1 rings (SSSR count). The van der Waals surface area contributed by atoms with E-state index in [4.69, 9.17) is 4.74 Å². The molecule has 0 aliphatic carbocycles. The lowest BCUT2D eigenvalue weighted by atomic mass is 10.1. The van der Waals surface area contributed by atoms with Crippen molar-refractivity contribution in [2.24, 2.45) is 0 Å². The van der Waals surface area contributed by atoms with Crippen LogP contribution in [0.4, 0.5) is 5.69 Å². The molecule has 0 radical (unpaired) electrons. The van der Waals surface area contributed by atoms with Crippen LogP contribution < -0.4 is 15.4 Å². The molecular formula is C15H26N2O2. The van der Waals surface area contributed by atoms with Crippen LogP contribution in [0.5, 0.6) is 5.75 Å². The molecule has 0 aliphatic rings. The van der Waals surface area contributed by atoms with Crippen molar-refractivity contribution in [3.8, 4) is 5.75 Å². The molecule has 1 aromatic rings. The molecule has 0 fully saturated rings. The first kappa shape index (κ1) is 15.8. The van der Waals surface area contributed by atoms with Crippen molar-refractivity contribution in [2.75, 3.05) is 25.0 Å². The topological polar surface area (TPSA) is 53.5 Å². The highest BCUT2D eigenvalue weighted by molar-refractivity contribution is 5.51. The Hall–Kier alpha value is -1.26. The highest BCUT2D eigenvalue weighted by Crippen LogP contribution is 2.22. The Morgan fingerprint density at radius 1 is 1.21 bits per heavy atom. The minimum absolute atomic E-state index is 0.00883. The maximum absolute atomic E-state index is 9.33. The molecular weight excluding hydrogens is 240 g/mol. The van der Waals surface area contributed by atoms with Gasteiger partial charge in [0.1, 0.15) is 5.75 Å². The average molecular weight is 266 g/mol. The summed E-state index contributed by atoms with van der Waals surface area (Å²) < 4.78 is 5.45. The third kappa shape index (κ3) is 5.94. The predicted octanol–water partition coefficient (Wildman–Crippen LogP) is 2.38. The van der Waals surface area contributed by atoms with E-state index in [1.54, 1.807) is 0 Å². The number of hydrogen-bond acceptors (Lipinski definition) is 4. The van der Waals surface area contributed by atoms with E-state index in [9.17, 15) is 5.11 Å². The lowest BCUT2D eigenvalue weighted by Crippen LogP contribution is -2.38. The van der Waals surface area contributed by atoms with Crippen LogP contribution in [-0.4, -0.2) is 30.3 Å². The molecule has 4 nitrogen and oxygen atoms in total. The van der Waals surface area contributed by atoms with Gasteiger partial charge in [0.25, 0.3) is 0 Å². The first-order valence-corrected chi connectivity index (χ1v) is 6.81. The SMILES string of the molecule is CCOc1ccc(NCCNC(C)(C)C)cc1CO. The van der Waals surface area contributed by atoms with Crippen molar-refractivity contribution in [3.05, 3.63) is 23.8 Å². The smallest absolute Gasteiger partial charge is 0.124 e. The molecule has 0 unspecified atom stereocenters. The van der Waals surface area contributed by atoms with Gasteiger partial charge in [-0.25, -0.2) is 0 Å². The van der Waals surface area contributed by atoms with E-state index in [2.05, 4.69) is 31.4 Å². The quantitative estimate of drug-likeness (QED) is 0.663. The second-order valence-electron chi connectivity index (χ2n) is 5.52. The van der Waals surface area contributed by atoms with E-state index >= 15 is 0 Å². The Morgan fingerprint density at radius 2 is 1.95 bits per heavy atom. The lowest BCUT2D eigenvalue weighted by Gasteiger charge is -2.21. The Labute approximate surface area is 116 Å². The first-order valence-electron chi connectivity index (χ1n) is 6.81. The van der Waals surface area contributed by atoms with Crippen LogP contribution in [-0.2, 0) is 6.61 Å². The van der Waals surface area contributed by atoms with Crippen molar-refractivity contribution in [1.82, 2.24) is 5.32 Å². The first-order chi connectivity index (χ1) is 8.96. The summed E-state index contributed by atoms with van der Waals surface area (Å²) in [7, 11) is 0. The van der Waals surface area contributed by atoms with Gasteiger partial charge >= 0.3 is 0 Å². The third-order valence-corrected chi connectivity index (χ3v) is 2.64. The maximum atomic E-state index is 9.33. The van der Waals surface area contributed by atoms with Gasteiger partial charge in [0.05, 0.1) is 13.2 Å². The van der Waals surface area contributed by atoms with Gasteiger partial charge < -0.3 is 20.5 Å². The molecule has 1 aromatic carbocycles. The fourth-order valence-corrected chi connectivity index (χ4v) is 1.75. The second-order valence-corrected chi connectivity index (χ2v) is 5.52. The van der Waals surface area contributed by atoms with Gasteiger partial charge in [-0.1, -0.05) is 0 Å². The standard InChI is InChI=1S/C15H26N2O2/c1-5-19-14-7-6-13(10-12(14)11-18)16-8-9-17-15(2,3)4/h6-7,10,16-18H,5,8-9,11H2,1-4H3. The summed E-state index contributed by atoms with van der Waals surface area (Å²) in [6, 6.07) is 5.80. The number of rotatable bonds is 7. The van der Waals surface area contributed by atoms with Crippen molar-refractivity contribution in [1.29, 1.82) is 0 Å². The summed E-state index contributed by atoms with van der Waals surface area (Å²) in [4.78, 5) is 0. The van der Waals surface area contributed by atoms with E-state index in [-0.39, 0.29) is 12.1 Å². The summed E-state index contributed by atoms with van der Waals surface area (Å²) in [6.07, 6.45) is 0. The van der Waals surface area contributed by atoms with Crippen LogP contribution in [0, 0.1) is 0 Å². The van der Waals surface area contributed by atoms with Gasteiger partial charge in [-0.15, -0.1) is 0 Å². The Balaban J connectivity index is 2.50. The predicted molar refractivity (Wildman–Crippen MR) is 79.8 cm³/mol. The fourth-order valence-electron chi connectivity index (χ4n) is 1.75. The molecule has 3 N–H and O–H groups in total. The van der Waals surface area contributed by atoms with E-state index < -0.39 is 0 Å². The molecule has 0 spiro atoms. The number of hydrogen-bond donors (Lipinski definition) is 3. The Morgan fingerprint density at radius 3 is 2.53 bits per heavy atom. The van der Waals surface area contributed by atoms with E-state index in [1.807, 2.05) is 25.1 Å². The molecule has 0 saturated heterocycles. The zero-order valence-corrected chi connectivity index (χ0v) is 12.4. The van der Waals surface area contributed by atoms with Gasteiger partial charge in [-0.2, -0.15) is 0 Å². The summed E-state index contributed by atoms with van der Waals surface area (Å²) in [5, 5.41) is 16.1. The minimum Gasteiger partial charge on any atom is -0.494 e. The molecule has 0 atom stereocenters. The number of nitrogens with one attached hydrogen (secondary N) is 2. The highest BCUT2D eigenvalue weighted by Gasteiger charge is 2.07. The average Bonchev–Trinajstić information content (AvgIpc) is 2.35. The van der Waals surface area contributed by atoms with Crippen LogP contribution in [0.3, 0.4) is 0 Å². The van der Waals surface area contributed by atoms with E-state index in [0.717, 1.165) is 30.1 Å². The number of anilines is 1. The van der Waals surface area contributed by atoms with Gasteiger partial charge in [0, 0.05) is 29.9 Å². The van der Waals surface area contributed by atoms with Crippen LogP contribution in [0.25, 0.3) is 0 Å². The van der Waals surface area contributed by atoms with Crippen molar-refractivity contribution >= 4 is 5.69 Å². The molecule has 0 aliphatic heterocycles. The molecule has 0 amide bonds. The zero-order chi connectivity index (χ0) is 14.3. The van der Waals surface area contributed by atoms with Gasteiger partial charge in [0.15, 0.2) is 0 Å². The molecule has 0 heterocycles. The molecule has 108 valence electrons. The number of aliphatic hydroxyl groups is 1. The third-order valence-electron chi connectivity index (χ3n) is 2.64. The molecule has 19 heavy (non-hydrogen) atoms. The van der Waals surface area contributed by atoms with Gasteiger partial charge in [-0.05, 0) is 45.9 Å². The summed E-state index contributed by atoms with van der Waals surface area (Å²) >= 11 is 0. The van der Waals surface area contributed by atoms with E-state index in [0.29, 0.717) is 6.61 Å². The lowest BCUT2D eigenvalue weighted by molar-refractivity contribution is 0.267. The largest absolute Gasteiger partial charge is 0.494 e. The van der Waals surface area contributed by atoms with Crippen LogP contribution in [0.1, 0.15) is 33.3 Å². The normalized spacial score (nSPS) is 11.4. The summed E-state index contributed by atoms with van der Waals surface area (Å²) in [6.45, 7) is 10.7. The fraction of sp³-hybridized carbons (Fsp3) is 0.600. The minimum atomic E-state index is -0.00883. The summed E-state index contributed by atoms with van der Waals surface area (Å²) in [5.41, 5.74) is 1.95. The van der Waals surface area contributed by atoms with Crippen LogP contribution in [0.15, 0.2) is 18.2 Å². The molecule has 0 saturated carbocycles. The second kappa shape index (κ2) is 7.36. The van der Waals surface area contributed by atoms with Crippen LogP contribution >= 0.6 is 0 Å². The molecule has 4 heteroatoms. The highest BCUT2D eigenvalue weighted by atomic mass is 16.5. The van der Waals surface area contributed by atoms with Crippen molar-refractivity contribution in [2.45, 2.75) is 39.8 Å². The van der Waals surface area contributed by atoms with Gasteiger partial charge in [0.2, 0.25) is 0 Å². The maximum Gasteiger partial charge on any atom is 0.124 e. The Bertz CT molecular complexity index is 386. The number of benzene rings is 1. The molecule has 0 aromatic heterocycles. The monoisotopic (exact) mass is 266 g/mol. The summed E-state index contributed by atoms with van der Waals surface area (Å²) in [5.74, 6) is 0.753. The van der Waals surface area contributed by atoms with E-state index in [1.165, 1.54) is 0 Å². The zero-order valence-electron chi connectivity index (χ0n) is 12.4.